The highest BCUT2D eigenvalue weighted by Gasteiger charge is 2.13. The first-order valence-electron chi connectivity index (χ1n) is 7.02. The molecule has 2 N–H and O–H groups in total. The summed E-state index contributed by atoms with van der Waals surface area (Å²) in [6, 6.07) is 15.0. The highest BCUT2D eigenvalue weighted by Crippen LogP contribution is 2.17. The highest BCUT2D eigenvalue weighted by molar-refractivity contribution is 9.10. The van der Waals surface area contributed by atoms with Crippen molar-refractivity contribution in [2.24, 2.45) is 0 Å². The van der Waals surface area contributed by atoms with Crippen LogP contribution in [0.5, 0.6) is 5.75 Å². The van der Waals surface area contributed by atoms with Gasteiger partial charge in [-0.2, -0.15) is 0 Å². The Morgan fingerprint density at radius 3 is 2.55 bits per heavy atom. The summed E-state index contributed by atoms with van der Waals surface area (Å²) in [6.45, 7) is 2.27. The summed E-state index contributed by atoms with van der Waals surface area (Å²) in [6.07, 6.45) is 0. The van der Waals surface area contributed by atoms with E-state index in [-0.39, 0.29) is 11.9 Å². The number of halogens is 1. The molecule has 0 aliphatic heterocycles. The van der Waals surface area contributed by atoms with E-state index in [1.165, 1.54) is 0 Å². The van der Waals surface area contributed by atoms with Crippen LogP contribution in [0.4, 0.5) is 5.69 Å². The number of amides is 1. The fraction of sp³-hybridized carbons (Fsp3) is 0.235. The van der Waals surface area contributed by atoms with Gasteiger partial charge in [-0.05, 0) is 37.3 Å². The SMILES string of the molecule is COc1ccccc1CNC(=O)[C@H](C)Nc1ccc(Br)cc1. The second kappa shape index (κ2) is 7.84. The monoisotopic (exact) mass is 362 g/mol. The summed E-state index contributed by atoms with van der Waals surface area (Å²) in [4.78, 5) is 12.2. The van der Waals surface area contributed by atoms with Crippen LogP contribution in [-0.2, 0) is 11.3 Å². The zero-order valence-corrected chi connectivity index (χ0v) is 14.2. The molecule has 0 fully saturated rings. The Morgan fingerprint density at radius 2 is 1.86 bits per heavy atom. The van der Waals surface area contributed by atoms with Gasteiger partial charge in [0.1, 0.15) is 11.8 Å². The van der Waals surface area contributed by atoms with Crippen LogP contribution in [0.15, 0.2) is 53.0 Å². The Kier molecular flexibility index (Phi) is 5.83. The smallest absolute Gasteiger partial charge is 0.242 e. The van der Waals surface area contributed by atoms with Crippen molar-refractivity contribution >= 4 is 27.5 Å². The first-order chi connectivity index (χ1) is 10.6. The lowest BCUT2D eigenvalue weighted by molar-refractivity contribution is -0.121. The molecule has 2 aromatic rings. The zero-order valence-electron chi connectivity index (χ0n) is 12.6. The highest BCUT2D eigenvalue weighted by atomic mass is 79.9. The number of methoxy groups -OCH3 is 1. The van der Waals surface area contributed by atoms with Crippen molar-refractivity contribution in [3.05, 3.63) is 58.6 Å². The lowest BCUT2D eigenvalue weighted by atomic mass is 10.2. The fourth-order valence-electron chi connectivity index (χ4n) is 2.05. The number of carbonyl (C=O) groups is 1. The normalized spacial score (nSPS) is 11.6. The Hall–Kier alpha value is -2.01. The van der Waals surface area contributed by atoms with Gasteiger partial charge in [0.05, 0.1) is 7.11 Å². The van der Waals surface area contributed by atoms with Crippen LogP contribution >= 0.6 is 15.9 Å². The quantitative estimate of drug-likeness (QED) is 0.825. The Labute approximate surface area is 139 Å². The van der Waals surface area contributed by atoms with Crippen molar-refractivity contribution in [1.29, 1.82) is 0 Å². The molecule has 0 spiro atoms. The molecular formula is C17H19BrN2O2. The van der Waals surface area contributed by atoms with Gasteiger partial charge in [-0.3, -0.25) is 4.79 Å². The van der Waals surface area contributed by atoms with Crippen molar-refractivity contribution in [2.45, 2.75) is 19.5 Å². The molecule has 4 nitrogen and oxygen atoms in total. The van der Waals surface area contributed by atoms with Gasteiger partial charge in [-0.15, -0.1) is 0 Å². The molecule has 0 radical (unpaired) electrons. The first-order valence-corrected chi connectivity index (χ1v) is 7.81. The van der Waals surface area contributed by atoms with E-state index in [1.54, 1.807) is 7.11 Å². The summed E-state index contributed by atoms with van der Waals surface area (Å²) in [7, 11) is 1.62. The topological polar surface area (TPSA) is 50.4 Å². The number of anilines is 1. The van der Waals surface area contributed by atoms with Gasteiger partial charge in [0.15, 0.2) is 0 Å². The van der Waals surface area contributed by atoms with Gasteiger partial charge in [-0.25, -0.2) is 0 Å². The maximum absolute atomic E-state index is 12.2. The lowest BCUT2D eigenvalue weighted by Crippen LogP contribution is -2.37. The molecule has 0 aliphatic carbocycles. The van der Waals surface area contributed by atoms with Gasteiger partial charge >= 0.3 is 0 Å². The van der Waals surface area contributed by atoms with Crippen LogP contribution in [-0.4, -0.2) is 19.1 Å². The molecule has 1 atom stereocenters. The summed E-state index contributed by atoms with van der Waals surface area (Å²) in [5.74, 6) is 0.713. The van der Waals surface area contributed by atoms with Crippen LogP contribution in [0, 0.1) is 0 Å². The number of rotatable bonds is 6. The molecule has 2 rings (SSSR count). The minimum Gasteiger partial charge on any atom is -0.496 e. The number of hydrogen-bond donors (Lipinski definition) is 2. The second-order valence-electron chi connectivity index (χ2n) is 4.90. The lowest BCUT2D eigenvalue weighted by Gasteiger charge is -2.16. The van der Waals surface area contributed by atoms with Crippen molar-refractivity contribution in [3.8, 4) is 5.75 Å². The standard InChI is InChI=1S/C17H19BrN2O2/c1-12(20-15-9-7-14(18)8-10-15)17(21)19-11-13-5-3-4-6-16(13)22-2/h3-10,12,20H,11H2,1-2H3,(H,19,21)/t12-/m0/s1. The van der Waals surface area contributed by atoms with Gasteiger partial charge in [0.2, 0.25) is 5.91 Å². The summed E-state index contributed by atoms with van der Waals surface area (Å²) in [5, 5.41) is 6.08. The number of nitrogens with one attached hydrogen (secondary N) is 2. The van der Waals surface area contributed by atoms with Crippen molar-refractivity contribution in [1.82, 2.24) is 5.32 Å². The molecule has 0 aliphatic rings. The Morgan fingerprint density at radius 1 is 1.18 bits per heavy atom. The Balaban J connectivity index is 1.90. The molecular weight excluding hydrogens is 344 g/mol. The van der Waals surface area contributed by atoms with E-state index in [9.17, 15) is 4.79 Å². The van der Waals surface area contributed by atoms with Crippen molar-refractivity contribution in [3.63, 3.8) is 0 Å². The van der Waals surface area contributed by atoms with Gasteiger partial charge in [0.25, 0.3) is 0 Å². The van der Waals surface area contributed by atoms with E-state index >= 15 is 0 Å². The predicted octanol–water partition coefficient (Wildman–Crippen LogP) is 3.57. The van der Waals surface area contributed by atoms with Crippen LogP contribution < -0.4 is 15.4 Å². The minimum atomic E-state index is -0.323. The third-order valence-corrected chi connectivity index (χ3v) is 3.79. The molecule has 5 heteroatoms. The van der Waals surface area contributed by atoms with Crippen molar-refractivity contribution in [2.75, 3.05) is 12.4 Å². The van der Waals surface area contributed by atoms with Gasteiger partial charge in [-0.1, -0.05) is 34.1 Å². The molecule has 0 saturated heterocycles. The maximum atomic E-state index is 12.2. The number of hydrogen-bond acceptors (Lipinski definition) is 3. The van der Waals surface area contributed by atoms with Crippen LogP contribution in [0.1, 0.15) is 12.5 Å². The molecule has 0 heterocycles. The molecule has 0 aromatic heterocycles. The largest absolute Gasteiger partial charge is 0.496 e. The number of benzene rings is 2. The Bertz CT molecular complexity index is 629. The molecule has 2 aromatic carbocycles. The van der Waals surface area contributed by atoms with E-state index in [1.807, 2.05) is 55.5 Å². The van der Waals surface area contributed by atoms with Gasteiger partial charge in [0, 0.05) is 22.3 Å². The molecule has 0 unspecified atom stereocenters. The van der Waals surface area contributed by atoms with E-state index < -0.39 is 0 Å². The maximum Gasteiger partial charge on any atom is 0.242 e. The van der Waals surface area contributed by atoms with Crippen LogP contribution in [0.2, 0.25) is 0 Å². The molecule has 22 heavy (non-hydrogen) atoms. The molecule has 0 saturated carbocycles. The second-order valence-corrected chi connectivity index (χ2v) is 5.82. The van der Waals surface area contributed by atoms with Crippen LogP contribution in [0.3, 0.4) is 0 Å². The number of para-hydroxylation sites is 1. The number of ether oxygens (including phenoxy) is 1. The third kappa shape index (κ3) is 4.49. The van der Waals surface area contributed by atoms with E-state index in [2.05, 4.69) is 26.6 Å². The first kappa shape index (κ1) is 16.4. The molecule has 1 amide bonds. The summed E-state index contributed by atoms with van der Waals surface area (Å²) in [5.41, 5.74) is 1.86. The predicted molar refractivity (Wildman–Crippen MR) is 92.1 cm³/mol. The van der Waals surface area contributed by atoms with Crippen molar-refractivity contribution < 1.29 is 9.53 Å². The zero-order chi connectivity index (χ0) is 15.9. The fourth-order valence-corrected chi connectivity index (χ4v) is 2.31. The van der Waals surface area contributed by atoms with E-state index in [0.717, 1.165) is 21.5 Å². The average molecular weight is 363 g/mol. The number of carbonyl (C=O) groups excluding carboxylic acids is 1. The minimum absolute atomic E-state index is 0.0613. The van der Waals surface area contributed by atoms with E-state index in [4.69, 9.17) is 4.74 Å². The van der Waals surface area contributed by atoms with Gasteiger partial charge < -0.3 is 15.4 Å². The summed E-state index contributed by atoms with van der Waals surface area (Å²) < 4.78 is 6.28. The molecule has 0 bridgehead atoms. The van der Waals surface area contributed by atoms with E-state index in [0.29, 0.717) is 6.54 Å². The third-order valence-electron chi connectivity index (χ3n) is 3.27. The van der Waals surface area contributed by atoms with Crippen LogP contribution in [0.25, 0.3) is 0 Å². The average Bonchev–Trinajstić information content (AvgIpc) is 2.54. The summed E-state index contributed by atoms with van der Waals surface area (Å²) >= 11 is 3.39. The molecule has 116 valence electrons.